The summed E-state index contributed by atoms with van der Waals surface area (Å²) < 4.78 is 19.4. The Kier molecular flexibility index (Phi) is 9.19. The Balaban J connectivity index is 1.28. The Bertz CT molecular complexity index is 1670. The lowest BCUT2D eigenvalue weighted by atomic mass is 9.78. The highest BCUT2D eigenvalue weighted by Gasteiger charge is 2.49. The number of halogens is 1. The molecule has 0 spiro atoms. The summed E-state index contributed by atoms with van der Waals surface area (Å²) >= 11 is 0. The van der Waals surface area contributed by atoms with Crippen molar-refractivity contribution < 1.29 is 44.6 Å². The topological polar surface area (TPSA) is 151 Å². The first-order chi connectivity index (χ1) is 22.2. The quantitative estimate of drug-likeness (QED) is 0.153. The second kappa shape index (κ2) is 13.3. The van der Waals surface area contributed by atoms with Crippen molar-refractivity contribution in [1.29, 1.82) is 0 Å². The monoisotopic (exact) mass is 629 g/mol. The molecule has 0 aliphatic carbocycles. The first kappa shape index (κ1) is 31.8. The number of anilines is 1. The standard InChI is InChI=1S/C36H36FNO8/c37-24-10-12-25(13-11-24)38-31(27(36(38)45)15-16-28(40)20-5-2-1-3-6-20)22-9-14-26(29(41)18-22)21-7-4-8-23(17-21)35-34(44)33(43)32(42)30(19-39)46-35/h1-14,17-18,27-28,30-35,39-44H,15-16,19H2/t27-,28+,30-,31-,32-,33+,34-,35+/m1/s1. The molecule has 2 aliphatic heterocycles. The molecule has 0 unspecified atom stereocenters. The van der Waals surface area contributed by atoms with Crippen molar-refractivity contribution >= 4 is 11.6 Å². The van der Waals surface area contributed by atoms with E-state index < -0.39 is 61.0 Å². The van der Waals surface area contributed by atoms with Gasteiger partial charge < -0.3 is 40.3 Å². The van der Waals surface area contributed by atoms with Crippen LogP contribution in [0.3, 0.4) is 0 Å². The maximum Gasteiger partial charge on any atom is 0.233 e. The van der Waals surface area contributed by atoms with Gasteiger partial charge in [0.1, 0.15) is 42.1 Å². The van der Waals surface area contributed by atoms with Crippen molar-refractivity contribution in [2.24, 2.45) is 5.92 Å². The zero-order valence-electron chi connectivity index (χ0n) is 24.8. The Morgan fingerprint density at radius 2 is 1.57 bits per heavy atom. The normalized spacial score (nSPS) is 26.9. The molecule has 8 atom stereocenters. The van der Waals surface area contributed by atoms with Gasteiger partial charge in [0.15, 0.2) is 0 Å². The number of amides is 1. The molecule has 0 aromatic heterocycles. The summed E-state index contributed by atoms with van der Waals surface area (Å²) in [5.74, 6) is -1.13. The van der Waals surface area contributed by atoms with E-state index in [4.69, 9.17) is 4.74 Å². The average Bonchev–Trinajstić information content (AvgIpc) is 3.07. The number of aromatic hydroxyl groups is 1. The van der Waals surface area contributed by atoms with Crippen LogP contribution in [0.25, 0.3) is 11.1 Å². The number of ether oxygens (including phenoxy) is 1. The number of hydrogen-bond donors (Lipinski definition) is 6. The summed E-state index contributed by atoms with van der Waals surface area (Å²) in [5.41, 5.74) is 3.46. The van der Waals surface area contributed by atoms with Gasteiger partial charge >= 0.3 is 0 Å². The van der Waals surface area contributed by atoms with Gasteiger partial charge in [-0.3, -0.25) is 4.79 Å². The highest BCUT2D eigenvalue weighted by Crippen LogP contribution is 2.48. The van der Waals surface area contributed by atoms with Crippen LogP contribution in [0.5, 0.6) is 5.75 Å². The van der Waals surface area contributed by atoms with Crippen LogP contribution in [0, 0.1) is 11.7 Å². The predicted molar refractivity (Wildman–Crippen MR) is 167 cm³/mol. The summed E-state index contributed by atoms with van der Waals surface area (Å²) in [6, 6.07) is 26.3. The van der Waals surface area contributed by atoms with E-state index in [1.165, 1.54) is 24.3 Å². The maximum absolute atomic E-state index is 13.7. The van der Waals surface area contributed by atoms with Gasteiger partial charge in [-0.2, -0.15) is 0 Å². The molecule has 0 radical (unpaired) electrons. The van der Waals surface area contributed by atoms with Gasteiger partial charge in [-0.15, -0.1) is 0 Å². The van der Waals surface area contributed by atoms with Crippen LogP contribution < -0.4 is 4.90 Å². The van der Waals surface area contributed by atoms with E-state index in [1.54, 1.807) is 41.3 Å². The van der Waals surface area contributed by atoms with E-state index in [9.17, 15) is 39.8 Å². The minimum absolute atomic E-state index is 0.0649. The van der Waals surface area contributed by atoms with Gasteiger partial charge in [-0.25, -0.2) is 4.39 Å². The molecule has 2 heterocycles. The van der Waals surface area contributed by atoms with E-state index in [1.807, 2.05) is 36.4 Å². The molecule has 6 N–H and O–H groups in total. The number of rotatable bonds is 9. The number of benzene rings is 4. The molecule has 6 rings (SSSR count). The van der Waals surface area contributed by atoms with Crippen LogP contribution in [0.15, 0.2) is 97.1 Å². The zero-order chi connectivity index (χ0) is 32.5. The molecule has 2 fully saturated rings. The van der Waals surface area contributed by atoms with E-state index >= 15 is 0 Å². The molecular weight excluding hydrogens is 593 g/mol. The van der Waals surface area contributed by atoms with Crippen LogP contribution in [-0.2, 0) is 9.53 Å². The molecular formula is C36H36FNO8. The predicted octanol–water partition coefficient (Wildman–Crippen LogP) is 3.93. The molecule has 4 aromatic carbocycles. The molecule has 1 amide bonds. The smallest absolute Gasteiger partial charge is 0.233 e. The number of carbonyl (C=O) groups excluding carboxylic acids is 1. The Morgan fingerprint density at radius 1 is 0.826 bits per heavy atom. The van der Waals surface area contributed by atoms with Gasteiger partial charge in [-0.05, 0) is 71.5 Å². The number of β-lactam (4-membered cyclic amide) rings is 1. The fourth-order valence-electron chi connectivity index (χ4n) is 6.52. The number of hydrogen-bond acceptors (Lipinski definition) is 8. The summed E-state index contributed by atoms with van der Waals surface area (Å²) in [5, 5.41) is 62.6. The average molecular weight is 630 g/mol. The number of nitrogens with zero attached hydrogens (tertiary/aromatic N) is 1. The Morgan fingerprint density at radius 3 is 2.26 bits per heavy atom. The number of phenols is 1. The van der Waals surface area contributed by atoms with Crippen molar-refractivity contribution in [2.45, 2.75) is 55.5 Å². The SMILES string of the molecule is O=C1[C@H](CC[C@H](O)c2ccccc2)[C@@H](c2ccc(-c3cccc([C@@H]4O[C@H](CO)[C@@H](O)[C@H](O)[C@H]4O)c3)c(O)c2)N1c1ccc(F)cc1. The molecule has 0 saturated carbocycles. The second-order valence-electron chi connectivity index (χ2n) is 11.9. The molecule has 10 heteroatoms. The molecule has 2 saturated heterocycles. The molecule has 9 nitrogen and oxygen atoms in total. The van der Waals surface area contributed by atoms with Crippen molar-refractivity contribution in [3.8, 4) is 16.9 Å². The summed E-state index contributed by atoms with van der Waals surface area (Å²) in [4.78, 5) is 15.0. The third-order valence-electron chi connectivity index (χ3n) is 9.04. The highest BCUT2D eigenvalue weighted by atomic mass is 19.1. The van der Waals surface area contributed by atoms with Crippen LogP contribution in [-0.4, -0.2) is 67.6 Å². The van der Waals surface area contributed by atoms with Crippen molar-refractivity contribution in [3.05, 3.63) is 120 Å². The van der Waals surface area contributed by atoms with Crippen molar-refractivity contribution in [3.63, 3.8) is 0 Å². The number of carbonyl (C=O) groups is 1. The molecule has 240 valence electrons. The molecule has 4 aromatic rings. The van der Waals surface area contributed by atoms with Gasteiger partial charge in [0.05, 0.1) is 24.7 Å². The summed E-state index contributed by atoms with van der Waals surface area (Å²) in [7, 11) is 0. The van der Waals surface area contributed by atoms with E-state index in [2.05, 4.69) is 0 Å². The van der Waals surface area contributed by atoms with Crippen LogP contribution >= 0.6 is 0 Å². The Hall–Kier alpha value is -4.16. The Labute approximate surface area is 265 Å². The molecule has 0 bridgehead atoms. The minimum atomic E-state index is -1.52. The van der Waals surface area contributed by atoms with Crippen molar-refractivity contribution in [2.75, 3.05) is 11.5 Å². The summed E-state index contributed by atoms with van der Waals surface area (Å²) in [6.07, 6.45) is -6.55. The van der Waals surface area contributed by atoms with Crippen molar-refractivity contribution in [1.82, 2.24) is 0 Å². The third-order valence-corrected chi connectivity index (χ3v) is 9.04. The lowest BCUT2D eigenvalue weighted by Gasteiger charge is -2.48. The fourth-order valence-corrected chi connectivity index (χ4v) is 6.52. The number of aliphatic hydroxyl groups excluding tert-OH is 5. The van der Waals surface area contributed by atoms with Crippen LogP contribution in [0.1, 0.15) is 47.8 Å². The van der Waals surface area contributed by atoms with Gasteiger partial charge in [0.2, 0.25) is 5.91 Å². The summed E-state index contributed by atoms with van der Waals surface area (Å²) in [6.45, 7) is -0.547. The van der Waals surface area contributed by atoms with Gasteiger partial charge in [-0.1, -0.05) is 60.7 Å². The first-order valence-corrected chi connectivity index (χ1v) is 15.2. The highest BCUT2D eigenvalue weighted by molar-refractivity contribution is 6.03. The van der Waals surface area contributed by atoms with Crippen LogP contribution in [0.2, 0.25) is 0 Å². The van der Waals surface area contributed by atoms with E-state index in [0.717, 1.165) is 5.56 Å². The van der Waals surface area contributed by atoms with E-state index in [-0.39, 0.29) is 11.7 Å². The maximum atomic E-state index is 13.7. The fraction of sp³-hybridized carbons (Fsp3) is 0.306. The number of aliphatic hydroxyl groups is 5. The largest absolute Gasteiger partial charge is 0.507 e. The first-order valence-electron chi connectivity index (χ1n) is 15.2. The van der Waals surface area contributed by atoms with Crippen LogP contribution in [0.4, 0.5) is 10.1 Å². The van der Waals surface area contributed by atoms with E-state index in [0.29, 0.717) is 40.8 Å². The molecule has 2 aliphatic rings. The number of phenolic OH excluding ortho intramolecular Hbond substituents is 1. The molecule has 46 heavy (non-hydrogen) atoms. The lowest BCUT2D eigenvalue weighted by Crippen LogP contribution is -2.55. The minimum Gasteiger partial charge on any atom is -0.507 e. The lowest BCUT2D eigenvalue weighted by molar-refractivity contribution is -0.231. The van der Waals surface area contributed by atoms with Gasteiger partial charge in [0.25, 0.3) is 0 Å². The zero-order valence-corrected chi connectivity index (χ0v) is 24.8. The van der Waals surface area contributed by atoms with Gasteiger partial charge in [0, 0.05) is 11.3 Å². The third kappa shape index (κ3) is 6.03. The second-order valence-corrected chi connectivity index (χ2v) is 11.9.